The lowest BCUT2D eigenvalue weighted by molar-refractivity contribution is -0.385. The molecular weight excluding hydrogens is 403 g/mol. The maximum Gasteiger partial charge on any atom is 0.314 e. The number of nitro groups is 1. The Hall–Kier alpha value is -3.75. The number of nitrogens with one attached hydrogen (secondary N) is 1. The monoisotopic (exact) mass is 424 g/mol. The first-order valence-corrected chi connectivity index (χ1v) is 9.79. The first-order valence-electron chi connectivity index (χ1n) is 9.79. The molecule has 1 aromatic heterocycles. The third kappa shape index (κ3) is 3.52. The number of nitrogens with zero attached hydrogens (tertiary/aromatic N) is 3. The number of rotatable bonds is 5. The number of fused-ring (bicyclic) bond motifs is 1. The highest BCUT2D eigenvalue weighted by Crippen LogP contribution is 2.33. The molecule has 3 aromatic rings. The van der Waals surface area contributed by atoms with E-state index in [1.165, 1.54) is 22.1 Å². The molecule has 2 aromatic carbocycles. The summed E-state index contributed by atoms with van der Waals surface area (Å²) in [6.45, 7) is 0. The first-order chi connectivity index (χ1) is 14.8. The lowest BCUT2D eigenvalue weighted by atomic mass is 9.95. The van der Waals surface area contributed by atoms with E-state index in [1.807, 2.05) is 30.3 Å². The van der Waals surface area contributed by atoms with Crippen LogP contribution in [0.5, 0.6) is 0 Å². The van der Waals surface area contributed by atoms with Crippen LogP contribution in [-0.2, 0) is 22.4 Å². The number of hydrogen-bond donors (Lipinski definition) is 1. The summed E-state index contributed by atoms with van der Waals surface area (Å²) in [5, 5.41) is 11.6. The van der Waals surface area contributed by atoms with Gasteiger partial charge in [-0.25, -0.2) is 0 Å². The van der Waals surface area contributed by atoms with Crippen LogP contribution in [0.15, 0.2) is 48.7 Å². The van der Waals surface area contributed by atoms with Crippen molar-refractivity contribution in [1.82, 2.24) is 14.8 Å². The van der Waals surface area contributed by atoms with E-state index in [4.69, 9.17) is 0 Å². The molecule has 0 spiro atoms. The number of piperazine rings is 1. The van der Waals surface area contributed by atoms with Gasteiger partial charge in [-0.3, -0.25) is 19.7 Å². The highest BCUT2D eigenvalue weighted by atomic mass is 19.1. The molecule has 2 amide bonds. The Kier molecular flexibility index (Phi) is 5.18. The van der Waals surface area contributed by atoms with Gasteiger partial charge in [0, 0.05) is 33.1 Å². The third-order valence-electron chi connectivity index (χ3n) is 5.92. The van der Waals surface area contributed by atoms with E-state index < -0.39 is 28.5 Å². The second-order valence-electron chi connectivity index (χ2n) is 7.71. The van der Waals surface area contributed by atoms with E-state index >= 15 is 0 Å². The second kappa shape index (κ2) is 7.82. The molecule has 1 aliphatic rings. The average molecular weight is 424 g/mol. The van der Waals surface area contributed by atoms with Crippen molar-refractivity contribution in [3.8, 4) is 0 Å². The summed E-state index contributed by atoms with van der Waals surface area (Å²) < 4.78 is 14.1. The highest BCUT2D eigenvalue weighted by molar-refractivity contribution is 5.98. The molecule has 2 atom stereocenters. The van der Waals surface area contributed by atoms with Crippen molar-refractivity contribution in [3.05, 3.63) is 75.7 Å². The molecule has 9 heteroatoms. The molecule has 1 aliphatic heterocycles. The van der Waals surface area contributed by atoms with E-state index in [-0.39, 0.29) is 23.6 Å². The zero-order valence-electron chi connectivity index (χ0n) is 17.0. The molecule has 8 nitrogen and oxygen atoms in total. The first kappa shape index (κ1) is 20.5. The predicted molar refractivity (Wildman–Crippen MR) is 112 cm³/mol. The summed E-state index contributed by atoms with van der Waals surface area (Å²) in [7, 11) is 3.14. The summed E-state index contributed by atoms with van der Waals surface area (Å²) in [4.78, 5) is 42.6. The van der Waals surface area contributed by atoms with Crippen LogP contribution in [-0.4, -0.2) is 57.7 Å². The van der Waals surface area contributed by atoms with Gasteiger partial charge in [0.15, 0.2) is 0 Å². The van der Waals surface area contributed by atoms with E-state index in [0.29, 0.717) is 17.5 Å². The van der Waals surface area contributed by atoms with Gasteiger partial charge in [0.05, 0.1) is 15.8 Å². The lowest BCUT2D eigenvalue weighted by Crippen LogP contribution is -2.63. The standard InChI is InChI=1S/C22H21FN4O4/c1-25-17(10-13-6-4-3-5-7-13)21(28)26(2)18(22(25)29)11-14-12-24-16-9-8-15(23)20(19(14)16)27(30)31/h3-9,12,17-18,24H,10-11H2,1-2H3/t17-,18-/m0/s1. The summed E-state index contributed by atoms with van der Waals surface area (Å²) in [5.41, 5.74) is 1.11. The molecule has 1 N–H and O–H groups in total. The van der Waals surface area contributed by atoms with Crippen LogP contribution in [0.2, 0.25) is 0 Å². The van der Waals surface area contributed by atoms with Crippen LogP contribution in [0.4, 0.5) is 10.1 Å². The van der Waals surface area contributed by atoms with E-state index in [9.17, 15) is 24.1 Å². The number of amides is 2. The van der Waals surface area contributed by atoms with Gasteiger partial charge in [0.25, 0.3) is 0 Å². The van der Waals surface area contributed by atoms with E-state index in [1.54, 1.807) is 14.1 Å². The van der Waals surface area contributed by atoms with Crippen molar-refractivity contribution < 1.29 is 18.9 Å². The van der Waals surface area contributed by atoms with Gasteiger partial charge in [-0.2, -0.15) is 4.39 Å². The predicted octanol–water partition coefficient (Wildman–Crippen LogP) is 2.67. The number of nitro benzene ring substituents is 1. The lowest BCUT2D eigenvalue weighted by Gasteiger charge is -2.42. The number of likely N-dealkylation sites (N-methyl/N-ethyl adjacent to an activating group) is 2. The SMILES string of the molecule is CN1C(=O)[C@H](Cc2c[nH]c3ccc(F)c([N+](=O)[O-])c23)N(C)C(=O)[C@@H]1Cc1ccccc1. The Balaban J connectivity index is 1.65. The van der Waals surface area contributed by atoms with Crippen molar-refractivity contribution in [2.45, 2.75) is 24.9 Å². The fourth-order valence-corrected chi connectivity index (χ4v) is 4.19. The molecule has 0 unspecified atom stereocenters. The summed E-state index contributed by atoms with van der Waals surface area (Å²) in [6, 6.07) is 10.4. The Morgan fingerprint density at radius 3 is 2.23 bits per heavy atom. The normalized spacial score (nSPS) is 19.3. The molecular formula is C22H21FN4O4. The molecule has 2 heterocycles. The molecule has 0 bridgehead atoms. The molecule has 160 valence electrons. The van der Waals surface area contributed by atoms with Crippen LogP contribution >= 0.6 is 0 Å². The van der Waals surface area contributed by atoms with Gasteiger partial charge < -0.3 is 14.8 Å². The number of carbonyl (C=O) groups is 2. The molecule has 0 radical (unpaired) electrons. The summed E-state index contributed by atoms with van der Waals surface area (Å²) >= 11 is 0. The molecule has 0 saturated carbocycles. The largest absolute Gasteiger partial charge is 0.361 e. The number of halogens is 1. The van der Waals surface area contributed by atoms with Crippen LogP contribution in [0, 0.1) is 15.9 Å². The quantitative estimate of drug-likeness (QED) is 0.503. The van der Waals surface area contributed by atoms with Crippen LogP contribution in [0.25, 0.3) is 10.9 Å². The van der Waals surface area contributed by atoms with Crippen LogP contribution in [0.3, 0.4) is 0 Å². The zero-order chi connectivity index (χ0) is 22.3. The number of aromatic nitrogens is 1. The average Bonchev–Trinajstić information content (AvgIpc) is 3.16. The second-order valence-corrected chi connectivity index (χ2v) is 7.71. The van der Waals surface area contributed by atoms with Crippen molar-refractivity contribution in [1.29, 1.82) is 0 Å². The fourth-order valence-electron chi connectivity index (χ4n) is 4.19. The summed E-state index contributed by atoms with van der Waals surface area (Å²) in [5.74, 6) is -1.43. The minimum absolute atomic E-state index is 0.0355. The zero-order valence-corrected chi connectivity index (χ0v) is 17.0. The highest BCUT2D eigenvalue weighted by Gasteiger charge is 2.43. The molecule has 1 fully saturated rings. The van der Waals surface area contributed by atoms with Crippen molar-refractivity contribution in [3.63, 3.8) is 0 Å². The smallest absolute Gasteiger partial charge is 0.314 e. The minimum Gasteiger partial charge on any atom is -0.361 e. The Morgan fingerprint density at radius 1 is 1.00 bits per heavy atom. The van der Waals surface area contributed by atoms with Crippen molar-refractivity contribution in [2.75, 3.05) is 14.1 Å². The van der Waals surface area contributed by atoms with E-state index in [0.717, 1.165) is 11.6 Å². The molecule has 1 saturated heterocycles. The summed E-state index contributed by atoms with van der Waals surface area (Å²) in [6.07, 6.45) is 1.95. The van der Waals surface area contributed by atoms with Crippen molar-refractivity contribution >= 4 is 28.4 Å². The van der Waals surface area contributed by atoms with Gasteiger partial charge in [0.1, 0.15) is 12.1 Å². The third-order valence-corrected chi connectivity index (χ3v) is 5.92. The molecule has 4 rings (SSSR count). The maximum atomic E-state index is 14.1. The maximum absolute atomic E-state index is 14.1. The van der Waals surface area contributed by atoms with E-state index in [2.05, 4.69) is 4.98 Å². The molecule has 0 aliphatic carbocycles. The van der Waals surface area contributed by atoms with Gasteiger partial charge >= 0.3 is 5.69 Å². The number of benzene rings is 2. The van der Waals surface area contributed by atoms with Crippen molar-refractivity contribution in [2.24, 2.45) is 0 Å². The van der Waals surface area contributed by atoms with Crippen LogP contribution in [0.1, 0.15) is 11.1 Å². The number of aromatic amines is 1. The number of carbonyl (C=O) groups excluding carboxylic acids is 2. The van der Waals surface area contributed by atoms with Crippen LogP contribution < -0.4 is 0 Å². The van der Waals surface area contributed by atoms with Gasteiger partial charge in [-0.1, -0.05) is 30.3 Å². The minimum atomic E-state index is -0.946. The molecule has 31 heavy (non-hydrogen) atoms. The Morgan fingerprint density at radius 2 is 1.61 bits per heavy atom. The van der Waals surface area contributed by atoms with Gasteiger partial charge in [0.2, 0.25) is 17.6 Å². The van der Waals surface area contributed by atoms with Gasteiger partial charge in [-0.05, 0) is 23.3 Å². The number of H-pyrrole nitrogens is 1. The number of hydrogen-bond acceptors (Lipinski definition) is 4. The van der Waals surface area contributed by atoms with Gasteiger partial charge in [-0.15, -0.1) is 0 Å². The Bertz CT molecular complexity index is 1180. The topological polar surface area (TPSA) is 99.5 Å². The Labute approximate surface area is 177 Å². The fraction of sp³-hybridized carbons (Fsp3) is 0.273.